The molecule has 1 aromatic heterocycles. The first-order valence-electron chi connectivity index (χ1n) is 5.39. The number of nitrogens with zero attached hydrogens (tertiary/aromatic N) is 1. The second-order valence-electron chi connectivity index (χ2n) is 4.10. The summed E-state index contributed by atoms with van der Waals surface area (Å²) in [6.45, 7) is 3.92. The molecule has 2 aromatic rings. The monoisotopic (exact) mass is 244 g/mol. The van der Waals surface area contributed by atoms with E-state index in [1.165, 1.54) is 6.20 Å². The van der Waals surface area contributed by atoms with Crippen molar-refractivity contribution in [1.82, 2.24) is 9.97 Å². The van der Waals surface area contributed by atoms with Gasteiger partial charge in [0, 0.05) is 5.56 Å². The van der Waals surface area contributed by atoms with E-state index in [2.05, 4.69) is 9.97 Å². The summed E-state index contributed by atoms with van der Waals surface area (Å²) in [5.74, 6) is -1.98. The highest BCUT2D eigenvalue weighted by atomic mass is 16.4. The number of hydrogen-bond acceptors (Lipinski definition) is 3. The number of carbonyl (C=O) groups excluding carboxylic acids is 1. The topological polar surface area (TPSA) is 83.1 Å². The van der Waals surface area contributed by atoms with Crippen molar-refractivity contribution >= 4 is 11.8 Å². The number of aliphatic carboxylic acids is 1. The Labute approximate surface area is 103 Å². The van der Waals surface area contributed by atoms with E-state index in [-0.39, 0.29) is 5.69 Å². The Balaban J connectivity index is 2.41. The number of hydrogen-bond donors (Lipinski definition) is 2. The van der Waals surface area contributed by atoms with Gasteiger partial charge in [-0.05, 0) is 19.4 Å². The second-order valence-corrected chi connectivity index (χ2v) is 4.10. The summed E-state index contributed by atoms with van der Waals surface area (Å²) in [4.78, 5) is 28.6. The molecule has 18 heavy (non-hydrogen) atoms. The molecule has 0 unspecified atom stereocenters. The molecule has 1 aromatic carbocycles. The highest BCUT2D eigenvalue weighted by Crippen LogP contribution is 2.21. The van der Waals surface area contributed by atoms with Gasteiger partial charge in [0.25, 0.3) is 5.78 Å². The van der Waals surface area contributed by atoms with Crippen LogP contribution in [-0.4, -0.2) is 26.8 Å². The molecule has 0 aliphatic rings. The third-order valence-corrected chi connectivity index (χ3v) is 2.65. The molecule has 0 saturated heterocycles. The molecule has 0 aliphatic carbocycles. The average molecular weight is 244 g/mol. The fourth-order valence-electron chi connectivity index (χ4n) is 1.77. The number of ketones is 1. The molecule has 2 N–H and O–H groups in total. The molecular formula is C13H12N2O3. The van der Waals surface area contributed by atoms with Crippen molar-refractivity contribution in [3.05, 3.63) is 41.2 Å². The number of carboxylic acid groups (broad SMARTS) is 1. The molecule has 0 radical (unpaired) electrons. The normalized spacial score (nSPS) is 10.3. The van der Waals surface area contributed by atoms with Gasteiger partial charge in [-0.3, -0.25) is 4.79 Å². The number of H-pyrrole nitrogens is 1. The van der Waals surface area contributed by atoms with Gasteiger partial charge in [0.2, 0.25) is 0 Å². The van der Waals surface area contributed by atoms with Crippen LogP contribution in [0.15, 0.2) is 24.4 Å². The lowest BCUT2D eigenvalue weighted by molar-refractivity contribution is -0.131. The van der Waals surface area contributed by atoms with Gasteiger partial charge >= 0.3 is 5.97 Å². The van der Waals surface area contributed by atoms with Crippen molar-refractivity contribution in [3.8, 4) is 11.4 Å². The van der Waals surface area contributed by atoms with Crippen molar-refractivity contribution in [2.75, 3.05) is 0 Å². The summed E-state index contributed by atoms with van der Waals surface area (Å²) in [6.07, 6.45) is 1.24. The van der Waals surface area contributed by atoms with Crippen LogP contribution in [0.3, 0.4) is 0 Å². The maximum absolute atomic E-state index is 11.3. The summed E-state index contributed by atoms with van der Waals surface area (Å²) in [7, 11) is 0. The maximum atomic E-state index is 11.3. The van der Waals surface area contributed by atoms with Crippen LogP contribution in [0.25, 0.3) is 11.4 Å². The van der Waals surface area contributed by atoms with Crippen LogP contribution in [0.5, 0.6) is 0 Å². The molecule has 0 spiro atoms. The van der Waals surface area contributed by atoms with E-state index in [0.29, 0.717) is 5.82 Å². The molecule has 0 atom stereocenters. The van der Waals surface area contributed by atoms with Crippen molar-refractivity contribution < 1.29 is 14.7 Å². The highest BCUT2D eigenvalue weighted by Gasteiger charge is 2.18. The predicted octanol–water partition coefficient (Wildman–Crippen LogP) is 1.96. The number of carboxylic acids is 1. The first-order valence-corrected chi connectivity index (χ1v) is 5.39. The van der Waals surface area contributed by atoms with E-state index >= 15 is 0 Å². The standard InChI is InChI=1S/C13H12N2O3/c1-7-3-4-9(8(2)5-7)12-14-6-10(15-12)11(16)13(17)18/h3-6H,1-2H3,(H,14,15)(H,17,18). The van der Waals surface area contributed by atoms with Crippen LogP contribution in [-0.2, 0) is 4.79 Å². The van der Waals surface area contributed by atoms with Crippen molar-refractivity contribution in [1.29, 1.82) is 0 Å². The molecule has 2 rings (SSSR count). The number of aryl methyl sites for hydroxylation is 2. The molecule has 0 aliphatic heterocycles. The van der Waals surface area contributed by atoms with Crippen molar-refractivity contribution in [3.63, 3.8) is 0 Å². The first-order chi connectivity index (χ1) is 8.49. The minimum atomic E-state index is -1.49. The predicted molar refractivity (Wildman–Crippen MR) is 65.5 cm³/mol. The van der Waals surface area contributed by atoms with Crippen LogP contribution in [0.4, 0.5) is 0 Å². The van der Waals surface area contributed by atoms with Gasteiger partial charge in [0.05, 0.1) is 6.20 Å². The third kappa shape index (κ3) is 2.15. The number of imidazole rings is 1. The van der Waals surface area contributed by atoms with Crippen LogP contribution < -0.4 is 0 Å². The van der Waals surface area contributed by atoms with Gasteiger partial charge in [0.15, 0.2) is 0 Å². The van der Waals surface area contributed by atoms with E-state index in [4.69, 9.17) is 5.11 Å². The minimum absolute atomic E-state index is 0.0162. The lowest BCUT2D eigenvalue weighted by atomic mass is 10.1. The Kier molecular flexibility index (Phi) is 2.97. The Morgan fingerprint density at radius 2 is 2.00 bits per heavy atom. The van der Waals surface area contributed by atoms with Crippen LogP contribution >= 0.6 is 0 Å². The maximum Gasteiger partial charge on any atom is 0.378 e. The van der Waals surface area contributed by atoms with Gasteiger partial charge in [-0.15, -0.1) is 0 Å². The van der Waals surface area contributed by atoms with E-state index in [9.17, 15) is 9.59 Å². The number of Topliss-reactive ketones (excluding diaryl/α,β-unsaturated/α-hetero) is 1. The quantitative estimate of drug-likeness (QED) is 0.638. The summed E-state index contributed by atoms with van der Waals surface area (Å²) >= 11 is 0. The van der Waals surface area contributed by atoms with Gasteiger partial charge in [-0.25, -0.2) is 9.78 Å². The van der Waals surface area contributed by atoms with E-state index in [1.807, 2.05) is 32.0 Å². The molecule has 0 saturated carbocycles. The summed E-state index contributed by atoms with van der Waals surface area (Å²) in [5, 5.41) is 8.61. The fraction of sp³-hybridized carbons (Fsp3) is 0.154. The Morgan fingerprint density at radius 1 is 1.28 bits per heavy atom. The lowest BCUT2D eigenvalue weighted by Gasteiger charge is -2.03. The number of rotatable bonds is 3. The molecule has 5 heteroatoms. The molecule has 92 valence electrons. The SMILES string of the molecule is Cc1ccc(-c2ncc(C(=O)C(=O)O)[nH]2)c(C)c1. The minimum Gasteiger partial charge on any atom is -0.475 e. The molecular weight excluding hydrogens is 232 g/mol. The number of aromatic nitrogens is 2. The summed E-state index contributed by atoms with van der Waals surface area (Å²) in [6, 6.07) is 5.82. The summed E-state index contributed by atoms with van der Waals surface area (Å²) < 4.78 is 0. The zero-order chi connectivity index (χ0) is 13.3. The molecule has 1 heterocycles. The second kappa shape index (κ2) is 4.44. The lowest BCUT2D eigenvalue weighted by Crippen LogP contribution is -2.12. The van der Waals surface area contributed by atoms with Gasteiger partial charge < -0.3 is 10.1 Å². The number of carbonyl (C=O) groups is 2. The molecule has 0 bridgehead atoms. The molecule has 0 amide bonds. The number of benzene rings is 1. The number of aromatic amines is 1. The summed E-state index contributed by atoms with van der Waals surface area (Å²) in [5.41, 5.74) is 2.98. The van der Waals surface area contributed by atoms with E-state index in [1.54, 1.807) is 0 Å². The first kappa shape index (κ1) is 12.0. The van der Waals surface area contributed by atoms with Gasteiger partial charge in [-0.2, -0.15) is 0 Å². The zero-order valence-corrected chi connectivity index (χ0v) is 10.0. The average Bonchev–Trinajstić information content (AvgIpc) is 2.77. The van der Waals surface area contributed by atoms with E-state index < -0.39 is 11.8 Å². The van der Waals surface area contributed by atoms with Gasteiger partial charge in [0.1, 0.15) is 11.5 Å². The highest BCUT2D eigenvalue weighted by molar-refractivity contribution is 6.39. The fourth-order valence-corrected chi connectivity index (χ4v) is 1.77. The van der Waals surface area contributed by atoms with Crippen LogP contribution in [0, 0.1) is 13.8 Å². The van der Waals surface area contributed by atoms with Crippen LogP contribution in [0.1, 0.15) is 21.6 Å². The Morgan fingerprint density at radius 3 is 2.61 bits per heavy atom. The zero-order valence-electron chi connectivity index (χ0n) is 10.0. The van der Waals surface area contributed by atoms with Crippen molar-refractivity contribution in [2.24, 2.45) is 0 Å². The van der Waals surface area contributed by atoms with E-state index in [0.717, 1.165) is 16.7 Å². The Hall–Kier alpha value is -2.43. The van der Waals surface area contributed by atoms with Crippen molar-refractivity contribution in [2.45, 2.75) is 13.8 Å². The van der Waals surface area contributed by atoms with Gasteiger partial charge in [-0.1, -0.05) is 23.8 Å². The molecule has 5 nitrogen and oxygen atoms in total. The number of nitrogens with one attached hydrogen (secondary N) is 1. The third-order valence-electron chi connectivity index (χ3n) is 2.65. The largest absolute Gasteiger partial charge is 0.475 e. The Bertz CT molecular complexity index is 629. The molecule has 0 fully saturated rings. The smallest absolute Gasteiger partial charge is 0.378 e. The van der Waals surface area contributed by atoms with Crippen LogP contribution in [0.2, 0.25) is 0 Å².